The van der Waals surface area contributed by atoms with Crippen LogP contribution in [-0.2, 0) is 6.42 Å². The summed E-state index contributed by atoms with van der Waals surface area (Å²) in [5.74, 6) is -0.850. The number of carboxylic acid groups (broad SMARTS) is 1. The summed E-state index contributed by atoms with van der Waals surface area (Å²) < 4.78 is 0. The van der Waals surface area contributed by atoms with Gasteiger partial charge in [0.25, 0.3) is 0 Å². The SMILES string of the molecule is CCCCCCCCCc1ccc(C(=O)O)cc1. The third kappa shape index (κ3) is 5.85. The van der Waals surface area contributed by atoms with Crippen molar-refractivity contribution >= 4 is 5.97 Å². The number of aromatic carboxylic acids is 1. The third-order valence-electron chi connectivity index (χ3n) is 3.27. The maximum absolute atomic E-state index is 10.7. The first-order valence-corrected chi connectivity index (χ1v) is 7.06. The Kier molecular flexibility index (Phi) is 7.16. The molecule has 0 saturated carbocycles. The van der Waals surface area contributed by atoms with Crippen LogP contribution >= 0.6 is 0 Å². The van der Waals surface area contributed by atoms with Gasteiger partial charge in [0.2, 0.25) is 0 Å². The summed E-state index contributed by atoms with van der Waals surface area (Å²) in [5, 5.41) is 8.79. The van der Waals surface area contributed by atoms with Crippen LogP contribution in [0.2, 0.25) is 0 Å². The Morgan fingerprint density at radius 2 is 1.50 bits per heavy atom. The van der Waals surface area contributed by atoms with Gasteiger partial charge in [0.1, 0.15) is 0 Å². The number of hydrogen-bond acceptors (Lipinski definition) is 1. The first kappa shape index (κ1) is 14.7. The van der Waals surface area contributed by atoms with E-state index in [1.54, 1.807) is 12.1 Å². The lowest BCUT2D eigenvalue weighted by Gasteiger charge is -2.03. The molecule has 0 aliphatic carbocycles. The van der Waals surface area contributed by atoms with E-state index in [-0.39, 0.29) is 0 Å². The van der Waals surface area contributed by atoms with Gasteiger partial charge >= 0.3 is 5.97 Å². The highest BCUT2D eigenvalue weighted by atomic mass is 16.4. The largest absolute Gasteiger partial charge is 0.478 e. The van der Waals surface area contributed by atoms with E-state index in [4.69, 9.17) is 5.11 Å². The number of aryl methyl sites for hydroxylation is 1. The Morgan fingerprint density at radius 1 is 0.944 bits per heavy atom. The molecule has 100 valence electrons. The molecule has 0 bridgehead atoms. The molecule has 1 aromatic rings. The van der Waals surface area contributed by atoms with Crippen molar-refractivity contribution in [3.8, 4) is 0 Å². The molecular weight excluding hydrogens is 224 g/mol. The normalized spacial score (nSPS) is 10.5. The molecular formula is C16H24O2. The maximum atomic E-state index is 10.7. The Morgan fingerprint density at radius 3 is 2.06 bits per heavy atom. The molecule has 0 amide bonds. The van der Waals surface area contributed by atoms with Gasteiger partial charge in [0.15, 0.2) is 0 Å². The highest BCUT2D eigenvalue weighted by Crippen LogP contribution is 2.11. The summed E-state index contributed by atoms with van der Waals surface area (Å²) in [6, 6.07) is 7.25. The molecule has 0 heterocycles. The second-order valence-electron chi connectivity index (χ2n) is 4.87. The van der Waals surface area contributed by atoms with E-state index < -0.39 is 5.97 Å². The summed E-state index contributed by atoms with van der Waals surface area (Å²) in [5.41, 5.74) is 1.62. The van der Waals surface area contributed by atoms with Gasteiger partial charge < -0.3 is 5.11 Å². The van der Waals surface area contributed by atoms with Gasteiger partial charge in [0.05, 0.1) is 5.56 Å². The van der Waals surface area contributed by atoms with Gasteiger partial charge in [-0.15, -0.1) is 0 Å². The van der Waals surface area contributed by atoms with Crippen molar-refractivity contribution < 1.29 is 9.90 Å². The van der Waals surface area contributed by atoms with Crippen molar-refractivity contribution in [2.75, 3.05) is 0 Å². The van der Waals surface area contributed by atoms with E-state index in [9.17, 15) is 4.79 Å². The topological polar surface area (TPSA) is 37.3 Å². The van der Waals surface area contributed by atoms with Crippen molar-refractivity contribution in [1.29, 1.82) is 0 Å². The first-order chi connectivity index (χ1) is 8.74. The van der Waals surface area contributed by atoms with Crippen molar-refractivity contribution in [3.05, 3.63) is 35.4 Å². The molecule has 0 aliphatic rings. The monoisotopic (exact) mass is 248 g/mol. The minimum Gasteiger partial charge on any atom is -0.478 e. The fourth-order valence-corrected chi connectivity index (χ4v) is 2.10. The molecule has 0 radical (unpaired) electrons. The molecule has 2 nitrogen and oxygen atoms in total. The lowest BCUT2D eigenvalue weighted by atomic mass is 10.0. The zero-order chi connectivity index (χ0) is 13.2. The summed E-state index contributed by atoms with van der Waals surface area (Å²) in [6.45, 7) is 2.24. The fraction of sp³-hybridized carbons (Fsp3) is 0.562. The molecule has 0 unspecified atom stereocenters. The number of carbonyl (C=O) groups is 1. The van der Waals surface area contributed by atoms with Crippen LogP contribution in [0, 0.1) is 0 Å². The highest BCUT2D eigenvalue weighted by molar-refractivity contribution is 5.87. The van der Waals surface area contributed by atoms with Crippen LogP contribution in [0.4, 0.5) is 0 Å². The van der Waals surface area contributed by atoms with E-state index in [0.29, 0.717) is 5.56 Å². The lowest BCUT2D eigenvalue weighted by Crippen LogP contribution is -1.96. The van der Waals surface area contributed by atoms with Crippen LogP contribution in [0.15, 0.2) is 24.3 Å². The number of hydrogen-bond donors (Lipinski definition) is 1. The van der Waals surface area contributed by atoms with Gasteiger partial charge in [-0.2, -0.15) is 0 Å². The van der Waals surface area contributed by atoms with Crippen LogP contribution < -0.4 is 0 Å². The molecule has 1 rings (SSSR count). The van der Waals surface area contributed by atoms with Gasteiger partial charge in [0, 0.05) is 0 Å². The van der Waals surface area contributed by atoms with Gasteiger partial charge in [-0.1, -0.05) is 57.6 Å². The summed E-state index contributed by atoms with van der Waals surface area (Å²) in [6.07, 6.45) is 10.3. The van der Waals surface area contributed by atoms with Gasteiger partial charge in [-0.05, 0) is 30.5 Å². The Hall–Kier alpha value is -1.31. The third-order valence-corrected chi connectivity index (χ3v) is 3.27. The quantitative estimate of drug-likeness (QED) is 0.644. The number of unbranched alkanes of at least 4 members (excludes halogenated alkanes) is 6. The van der Waals surface area contributed by atoms with Crippen LogP contribution in [0.25, 0.3) is 0 Å². The van der Waals surface area contributed by atoms with E-state index >= 15 is 0 Å². The summed E-state index contributed by atoms with van der Waals surface area (Å²) >= 11 is 0. The molecule has 0 fully saturated rings. The van der Waals surface area contributed by atoms with Crippen LogP contribution in [0.3, 0.4) is 0 Å². The van der Waals surface area contributed by atoms with Crippen LogP contribution in [0.5, 0.6) is 0 Å². The standard InChI is InChI=1S/C16H24O2/c1-2-3-4-5-6-7-8-9-14-10-12-15(13-11-14)16(17)18/h10-13H,2-9H2,1H3,(H,17,18). The maximum Gasteiger partial charge on any atom is 0.335 e. The molecule has 18 heavy (non-hydrogen) atoms. The second kappa shape index (κ2) is 8.73. The fourth-order valence-electron chi connectivity index (χ4n) is 2.10. The number of carboxylic acids is 1. The summed E-state index contributed by atoms with van der Waals surface area (Å²) in [7, 11) is 0. The Bertz CT molecular complexity index is 341. The van der Waals surface area contributed by atoms with Crippen LogP contribution in [0.1, 0.15) is 67.8 Å². The molecule has 0 atom stereocenters. The zero-order valence-electron chi connectivity index (χ0n) is 11.3. The number of rotatable bonds is 9. The number of benzene rings is 1. The van der Waals surface area contributed by atoms with Crippen molar-refractivity contribution in [1.82, 2.24) is 0 Å². The van der Waals surface area contributed by atoms with Crippen molar-refractivity contribution in [3.63, 3.8) is 0 Å². The Balaban J connectivity index is 2.14. The average molecular weight is 248 g/mol. The molecule has 2 heteroatoms. The molecule has 0 aromatic heterocycles. The highest BCUT2D eigenvalue weighted by Gasteiger charge is 2.01. The average Bonchev–Trinajstić information content (AvgIpc) is 2.38. The molecule has 0 aliphatic heterocycles. The van der Waals surface area contributed by atoms with E-state index in [1.165, 1.54) is 50.5 Å². The predicted octanol–water partition coefficient (Wildman–Crippen LogP) is 4.68. The van der Waals surface area contributed by atoms with Gasteiger partial charge in [-0.25, -0.2) is 4.79 Å². The van der Waals surface area contributed by atoms with Crippen molar-refractivity contribution in [2.45, 2.75) is 58.3 Å². The molecule has 0 spiro atoms. The van der Waals surface area contributed by atoms with E-state index in [0.717, 1.165) is 6.42 Å². The summed E-state index contributed by atoms with van der Waals surface area (Å²) in [4.78, 5) is 10.7. The second-order valence-corrected chi connectivity index (χ2v) is 4.87. The molecule has 1 N–H and O–H groups in total. The zero-order valence-corrected chi connectivity index (χ0v) is 11.3. The minimum absolute atomic E-state index is 0.373. The Labute approximate surface area is 110 Å². The molecule has 1 aromatic carbocycles. The van der Waals surface area contributed by atoms with Crippen molar-refractivity contribution in [2.24, 2.45) is 0 Å². The van der Waals surface area contributed by atoms with Gasteiger partial charge in [-0.3, -0.25) is 0 Å². The van der Waals surface area contributed by atoms with Crippen LogP contribution in [-0.4, -0.2) is 11.1 Å². The lowest BCUT2D eigenvalue weighted by molar-refractivity contribution is 0.0697. The first-order valence-electron chi connectivity index (χ1n) is 7.06. The predicted molar refractivity (Wildman–Crippen MR) is 75.1 cm³/mol. The van der Waals surface area contributed by atoms with E-state index in [2.05, 4.69) is 6.92 Å². The minimum atomic E-state index is -0.850. The molecule has 0 saturated heterocycles. The van der Waals surface area contributed by atoms with E-state index in [1.807, 2.05) is 12.1 Å². The smallest absolute Gasteiger partial charge is 0.335 e.